The van der Waals surface area contributed by atoms with Crippen molar-refractivity contribution in [1.82, 2.24) is 39.1 Å². The first kappa shape index (κ1) is 66.1. The van der Waals surface area contributed by atoms with E-state index in [0.29, 0.717) is 22.6 Å². The van der Waals surface area contributed by atoms with Crippen LogP contribution in [0.2, 0.25) is 0 Å². The van der Waals surface area contributed by atoms with Gasteiger partial charge in [-0.2, -0.15) is 10.2 Å². The Morgan fingerprint density at radius 2 is 1.26 bits per heavy atom. The summed E-state index contributed by atoms with van der Waals surface area (Å²) in [5.74, 6) is -2.63. The lowest BCUT2D eigenvalue weighted by atomic mass is 9.79. The summed E-state index contributed by atoms with van der Waals surface area (Å²) >= 11 is 0. The summed E-state index contributed by atoms with van der Waals surface area (Å²) in [5.41, 5.74) is 1.41. The molecular formula is C67H74N11O13P. The first-order valence-electron chi connectivity index (χ1n) is 30.0. The Morgan fingerprint density at radius 1 is 0.707 bits per heavy atom. The highest BCUT2D eigenvalue weighted by molar-refractivity contribution is 7.43. The summed E-state index contributed by atoms with van der Waals surface area (Å²) in [4.78, 5) is 85.1. The number of rotatable bonds is 27. The molecule has 2 aliphatic rings. The zero-order valence-electron chi connectivity index (χ0n) is 52.1. The van der Waals surface area contributed by atoms with Crippen molar-refractivity contribution in [3.8, 4) is 17.6 Å². The molecule has 10 atom stereocenters. The minimum atomic E-state index is -2.16. The van der Waals surface area contributed by atoms with Gasteiger partial charge in [-0.05, 0) is 99.0 Å². The minimum absolute atomic E-state index is 0.00177. The molecule has 480 valence electrons. The van der Waals surface area contributed by atoms with Gasteiger partial charge in [-0.15, -0.1) is 0 Å². The van der Waals surface area contributed by atoms with Gasteiger partial charge in [0, 0.05) is 68.4 Å². The summed E-state index contributed by atoms with van der Waals surface area (Å²) in [6.45, 7) is 7.19. The number of carbonyl (C=O) groups excluding carboxylic acids is 3. The number of fused-ring (bicyclic) bond motifs is 1. The summed E-state index contributed by atoms with van der Waals surface area (Å²) in [6, 6.07) is 45.5. The molecule has 2 unspecified atom stereocenters. The Hall–Kier alpha value is -8.86. The SMILES string of the molecule is COc1ccc(C(OC[C@H]2O[C@@H](n3ccc(NC(=O)c4ccccc4)nc3=O)[C@H](OC)[C@@H]2CC(=O)NC[C@@H]2O[C@@H](n3cnc4c(NC(=O)c5ccccc5)ncnc43)[C@H](OC)[C@@H]2C(C#N)COP(O)N(C(C)C)C(C)C)(c2ccccc2)c2ccc(OC)cc2)cc1. The lowest BCUT2D eigenvalue weighted by Crippen LogP contribution is -2.43. The van der Waals surface area contributed by atoms with Crippen LogP contribution < -0.4 is 31.1 Å². The average Bonchev–Trinajstić information content (AvgIpc) is 1.14. The molecule has 8 aromatic rings. The quantitative estimate of drug-likeness (QED) is 0.0276. The molecule has 2 aliphatic heterocycles. The fraction of sp³-hybridized carbons (Fsp3) is 0.358. The van der Waals surface area contributed by atoms with E-state index in [1.807, 2.05) is 111 Å². The highest BCUT2D eigenvalue weighted by atomic mass is 31.2. The molecule has 0 spiro atoms. The lowest BCUT2D eigenvalue weighted by Gasteiger charge is -2.37. The zero-order chi connectivity index (χ0) is 65.1. The van der Waals surface area contributed by atoms with E-state index < -0.39 is 92.2 Å². The van der Waals surface area contributed by atoms with E-state index in [-0.39, 0.29) is 61.1 Å². The van der Waals surface area contributed by atoms with Crippen LogP contribution in [0.25, 0.3) is 11.2 Å². The lowest BCUT2D eigenvalue weighted by molar-refractivity contribution is -0.125. The molecule has 0 aliphatic carbocycles. The van der Waals surface area contributed by atoms with Crippen LogP contribution >= 0.6 is 8.53 Å². The van der Waals surface area contributed by atoms with Crippen LogP contribution in [-0.4, -0.2) is 141 Å². The van der Waals surface area contributed by atoms with Gasteiger partial charge in [0.15, 0.2) is 29.4 Å². The third-order valence-corrected chi connectivity index (χ3v) is 18.2. The number of hydrogen-bond donors (Lipinski definition) is 4. The maximum atomic E-state index is 15.1. The van der Waals surface area contributed by atoms with Crippen molar-refractivity contribution >= 4 is 49.0 Å². The predicted molar refractivity (Wildman–Crippen MR) is 341 cm³/mol. The maximum absolute atomic E-state index is 15.1. The number of amides is 3. The van der Waals surface area contributed by atoms with E-state index in [1.54, 1.807) is 79.5 Å². The Bertz CT molecular complexity index is 3830. The van der Waals surface area contributed by atoms with E-state index in [2.05, 4.69) is 42.0 Å². The van der Waals surface area contributed by atoms with Crippen molar-refractivity contribution < 1.29 is 57.0 Å². The Balaban J connectivity index is 0.982. The highest BCUT2D eigenvalue weighted by Crippen LogP contribution is 2.47. The van der Waals surface area contributed by atoms with Gasteiger partial charge >= 0.3 is 5.69 Å². The topological polar surface area (TPSA) is 287 Å². The molecule has 0 radical (unpaired) electrons. The van der Waals surface area contributed by atoms with Crippen LogP contribution in [0.3, 0.4) is 0 Å². The van der Waals surface area contributed by atoms with Crippen LogP contribution in [0, 0.1) is 29.1 Å². The molecule has 4 N–H and O–H groups in total. The number of ether oxygens (including phenoxy) is 7. The first-order valence-corrected chi connectivity index (χ1v) is 31.2. The number of aromatic nitrogens is 6. The van der Waals surface area contributed by atoms with E-state index in [9.17, 15) is 24.5 Å². The van der Waals surface area contributed by atoms with Crippen LogP contribution in [0.1, 0.15) is 84.0 Å². The fourth-order valence-electron chi connectivity index (χ4n) is 12.2. The molecule has 24 nitrogen and oxygen atoms in total. The van der Waals surface area contributed by atoms with Crippen molar-refractivity contribution in [3.05, 3.63) is 203 Å². The third kappa shape index (κ3) is 14.3. The smallest absolute Gasteiger partial charge is 0.351 e. The first-order chi connectivity index (χ1) is 44.6. The summed E-state index contributed by atoms with van der Waals surface area (Å²) in [7, 11) is 3.96. The molecule has 92 heavy (non-hydrogen) atoms. The third-order valence-electron chi connectivity index (χ3n) is 16.5. The van der Waals surface area contributed by atoms with Crippen LogP contribution in [0.5, 0.6) is 11.5 Å². The number of methoxy groups -OCH3 is 4. The highest BCUT2D eigenvalue weighted by Gasteiger charge is 2.52. The van der Waals surface area contributed by atoms with Gasteiger partial charge in [-0.3, -0.25) is 23.5 Å². The maximum Gasteiger partial charge on any atom is 0.351 e. The number of imidazole rings is 1. The van der Waals surface area contributed by atoms with Gasteiger partial charge in [-0.1, -0.05) is 91.0 Å². The van der Waals surface area contributed by atoms with Gasteiger partial charge in [-0.25, -0.2) is 24.4 Å². The molecule has 25 heteroatoms. The number of benzene rings is 5. The second-order valence-corrected chi connectivity index (χ2v) is 23.9. The van der Waals surface area contributed by atoms with Gasteiger partial charge < -0.3 is 58.5 Å². The summed E-state index contributed by atoms with van der Waals surface area (Å²) < 4.78 is 55.8. The van der Waals surface area contributed by atoms with Crippen molar-refractivity contribution in [3.63, 3.8) is 0 Å². The second kappa shape index (κ2) is 30.1. The monoisotopic (exact) mass is 1270 g/mol. The molecule has 5 heterocycles. The molecule has 2 fully saturated rings. The van der Waals surface area contributed by atoms with E-state index in [4.69, 9.17) is 37.7 Å². The standard InChI is InChI=1S/C67H74N11O13P/c1-41(2)78(42(3)4)92(83)89-37-45(35-68)56-52(90-65(59(56)87-8)77-40-72-57-60(70-39-71-61(57)77)75-63(81)44-20-14-10-15-21-44)36-69-55(79)34-51-53(91-64(58(51)86-7)76-33-32-54(74-66(76)82)73-62(80)43-18-12-9-13-19-43)38-88-67(46-22-16-11-17-23-46,47-24-28-49(84-5)29-25-47)48-26-30-50(85-6)31-27-48/h9-33,39-42,45,51-53,56,58-59,64-65,83H,34,36-38H2,1-8H3,(H,69,79)(H,70,71,75,81)(H,73,74,80,82)/t45?,51-,52+,53-,56-,58-,59-,64-,65-,92?/m1/s1. The number of nitriles is 1. The van der Waals surface area contributed by atoms with Crippen LogP contribution in [0.4, 0.5) is 11.6 Å². The van der Waals surface area contributed by atoms with Crippen molar-refractivity contribution in [1.29, 1.82) is 5.26 Å². The molecule has 0 saturated carbocycles. The Kier molecular flexibility index (Phi) is 21.6. The summed E-state index contributed by atoms with van der Waals surface area (Å²) in [5, 5.41) is 19.7. The van der Waals surface area contributed by atoms with Gasteiger partial charge in [0.25, 0.3) is 20.3 Å². The second-order valence-electron chi connectivity index (χ2n) is 22.6. The van der Waals surface area contributed by atoms with Gasteiger partial charge in [0.05, 0.1) is 58.0 Å². The van der Waals surface area contributed by atoms with E-state index in [0.717, 1.165) is 16.7 Å². The molecular weight excluding hydrogens is 1200 g/mol. The number of anilines is 2. The Labute approximate surface area is 533 Å². The van der Waals surface area contributed by atoms with Gasteiger partial charge in [0.1, 0.15) is 41.5 Å². The fourth-order valence-corrected chi connectivity index (χ4v) is 13.4. The molecule has 3 aromatic heterocycles. The Morgan fingerprint density at radius 3 is 1.82 bits per heavy atom. The summed E-state index contributed by atoms with van der Waals surface area (Å²) in [6.07, 6.45) is -2.07. The predicted octanol–water partition coefficient (Wildman–Crippen LogP) is 8.67. The number of nitrogens with one attached hydrogen (secondary N) is 3. The van der Waals surface area contributed by atoms with Crippen molar-refractivity contribution in [2.75, 3.05) is 58.8 Å². The molecule has 5 aromatic carbocycles. The average molecular weight is 1270 g/mol. The van der Waals surface area contributed by atoms with Gasteiger partial charge in [0.2, 0.25) is 5.91 Å². The molecule has 0 bridgehead atoms. The number of hydrogen-bond acceptors (Lipinski definition) is 19. The molecule has 2 saturated heterocycles. The van der Waals surface area contributed by atoms with Crippen molar-refractivity contribution in [2.45, 2.75) is 88.7 Å². The van der Waals surface area contributed by atoms with E-state index in [1.165, 1.54) is 43.7 Å². The minimum Gasteiger partial charge on any atom is -0.497 e. The van der Waals surface area contributed by atoms with E-state index >= 15 is 4.79 Å². The van der Waals surface area contributed by atoms with Crippen LogP contribution in [0.15, 0.2) is 169 Å². The van der Waals surface area contributed by atoms with Crippen LogP contribution in [-0.2, 0) is 38.6 Å². The number of carbonyl (C=O) groups is 3. The normalized spacial score (nSPS) is 20.4. The number of nitrogens with zero attached hydrogens (tertiary/aromatic N) is 8. The van der Waals surface area contributed by atoms with Crippen molar-refractivity contribution in [2.24, 2.45) is 17.8 Å². The molecule has 3 amide bonds. The molecule has 10 rings (SSSR count). The largest absolute Gasteiger partial charge is 0.497 e. The zero-order valence-corrected chi connectivity index (χ0v) is 53.0.